The molecule has 152 valence electrons. The van der Waals surface area contributed by atoms with E-state index < -0.39 is 10.0 Å². The predicted molar refractivity (Wildman–Crippen MR) is 109 cm³/mol. The normalized spacial score (nSPS) is 11.0. The molecule has 2 aromatic rings. The fraction of sp³-hybridized carbons (Fsp3) is 0.316. The molecule has 2 rings (SSSR count). The van der Waals surface area contributed by atoms with Gasteiger partial charge < -0.3 is 20.1 Å². The molecule has 2 aromatic carbocycles. The Morgan fingerprint density at radius 2 is 1.71 bits per heavy atom. The van der Waals surface area contributed by atoms with Crippen LogP contribution in [0.3, 0.4) is 0 Å². The van der Waals surface area contributed by atoms with Crippen LogP contribution >= 0.6 is 0 Å². The zero-order chi connectivity index (χ0) is 20.7. The lowest BCUT2D eigenvalue weighted by Gasteiger charge is -2.14. The highest BCUT2D eigenvalue weighted by molar-refractivity contribution is 7.92. The standard InChI is InChI=1S/C19H25N3O5S/c1-13(2)12-20-19(23)21-14-5-8-16(9-6-14)28(24,25)22-17-11-15(26-3)7-10-18(17)27-4/h5-11,13,22H,12H2,1-4H3,(H2,20,21,23). The summed E-state index contributed by atoms with van der Waals surface area (Å²) in [6, 6.07) is 10.3. The summed E-state index contributed by atoms with van der Waals surface area (Å²) in [4.78, 5) is 11.8. The van der Waals surface area contributed by atoms with Gasteiger partial charge in [0.15, 0.2) is 0 Å². The fourth-order valence-corrected chi connectivity index (χ4v) is 3.35. The van der Waals surface area contributed by atoms with Crippen LogP contribution in [0.5, 0.6) is 11.5 Å². The molecule has 0 heterocycles. The zero-order valence-electron chi connectivity index (χ0n) is 16.3. The van der Waals surface area contributed by atoms with Crippen molar-refractivity contribution < 1.29 is 22.7 Å². The van der Waals surface area contributed by atoms with E-state index in [-0.39, 0.29) is 16.6 Å². The van der Waals surface area contributed by atoms with E-state index in [4.69, 9.17) is 9.47 Å². The Bertz CT molecular complexity index is 912. The lowest BCUT2D eigenvalue weighted by Crippen LogP contribution is -2.31. The van der Waals surface area contributed by atoms with Gasteiger partial charge in [0.2, 0.25) is 0 Å². The molecular formula is C19H25N3O5S. The van der Waals surface area contributed by atoms with Gasteiger partial charge in [0, 0.05) is 18.3 Å². The average molecular weight is 407 g/mol. The highest BCUT2D eigenvalue weighted by Crippen LogP contribution is 2.31. The summed E-state index contributed by atoms with van der Waals surface area (Å²) < 4.78 is 38.2. The van der Waals surface area contributed by atoms with Gasteiger partial charge in [-0.3, -0.25) is 4.72 Å². The summed E-state index contributed by atoms with van der Waals surface area (Å²) in [5.41, 5.74) is 0.747. The molecule has 0 fully saturated rings. The minimum absolute atomic E-state index is 0.0468. The van der Waals surface area contributed by atoms with Crippen LogP contribution in [0.2, 0.25) is 0 Å². The van der Waals surface area contributed by atoms with Crippen LogP contribution in [-0.2, 0) is 10.0 Å². The first-order chi connectivity index (χ1) is 13.2. The molecule has 0 saturated carbocycles. The second-order valence-electron chi connectivity index (χ2n) is 6.42. The molecule has 0 aliphatic carbocycles. The minimum Gasteiger partial charge on any atom is -0.497 e. The molecular weight excluding hydrogens is 382 g/mol. The number of hydrogen-bond acceptors (Lipinski definition) is 5. The van der Waals surface area contributed by atoms with Crippen molar-refractivity contribution in [2.45, 2.75) is 18.7 Å². The summed E-state index contributed by atoms with van der Waals surface area (Å²) >= 11 is 0. The zero-order valence-corrected chi connectivity index (χ0v) is 17.1. The molecule has 0 aromatic heterocycles. The van der Waals surface area contributed by atoms with Crippen LogP contribution in [0.25, 0.3) is 0 Å². The summed E-state index contributed by atoms with van der Waals surface area (Å²) in [7, 11) is -0.913. The van der Waals surface area contributed by atoms with Crippen molar-refractivity contribution in [2.24, 2.45) is 5.92 Å². The van der Waals surface area contributed by atoms with Crippen LogP contribution < -0.4 is 24.8 Å². The maximum atomic E-state index is 12.7. The second-order valence-corrected chi connectivity index (χ2v) is 8.11. The van der Waals surface area contributed by atoms with Crippen LogP contribution in [0.15, 0.2) is 47.4 Å². The van der Waals surface area contributed by atoms with E-state index in [1.165, 1.54) is 44.6 Å². The van der Waals surface area contributed by atoms with E-state index in [0.29, 0.717) is 29.6 Å². The molecule has 8 nitrogen and oxygen atoms in total. The first kappa shape index (κ1) is 21.4. The average Bonchev–Trinajstić information content (AvgIpc) is 2.66. The van der Waals surface area contributed by atoms with Crippen LogP contribution in [0.1, 0.15) is 13.8 Å². The van der Waals surface area contributed by atoms with E-state index in [9.17, 15) is 13.2 Å². The van der Waals surface area contributed by atoms with E-state index in [1.807, 2.05) is 13.8 Å². The highest BCUT2D eigenvalue weighted by Gasteiger charge is 2.17. The Morgan fingerprint density at radius 1 is 1.04 bits per heavy atom. The molecule has 0 spiro atoms. The van der Waals surface area contributed by atoms with Crippen molar-refractivity contribution in [3.05, 3.63) is 42.5 Å². The van der Waals surface area contributed by atoms with Gasteiger partial charge in [-0.25, -0.2) is 13.2 Å². The maximum absolute atomic E-state index is 12.7. The SMILES string of the molecule is COc1ccc(OC)c(NS(=O)(=O)c2ccc(NC(=O)NCC(C)C)cc2)c1. The van der Waals surface area contributed by atoms with Gasteiger partial charge >= 0.3 is 6.03 Å². The molecule has 3 N–H and O–H groups in total. The number of nitrogens with one attached hydrogen (secondary N) is 3. The number of amides is 2. The van der Waals surface area contributed by atoms with Crippen molar-refractivity contribution in [1.82, 2.24) is 5.32 Å². The quantitative estimate of drug-likeness (QED) is 0.623. The molecule has 28 heavy (non-hydrogen) atoms. The first-order valence-corrected chi connectivity index (χ1v) is 10.1. The van der Waals surface area contributed by atoms with Crippen molar-refractivity contribution in [2.75, 3.05) is 30.8 Å². The number of anilines is 2. The summed E-state index contributed by atoms with van der Waals surface area (Å²) in [6.07, 6.45) is 0. The molecule has 0 saturated heterocycles. The van der Waals surface area contributed by atoms with Gasteiger partial charge in [0.1, 0.15) is 11.5 Å². The number of urea groups is 1. The number of rotatable bonds is 8. The van der Waals surface area contributed by atoms with Gasteiger partial charge in [0.05, 0.1) is 24.8 Å². The highest BCUT2D eigenvalue weighted by atomic mass is 32.2. The Kier molecular flexibility index (Phi) is 7.11. The van der Waals surface area contributed by atoms with Crippen molar-refractivity contribution in [1.29, 1.82) is 0 Å². The molecule has 0 bridgehead atoms. The smallest absolute Gasteiger partial charge is 0.319 e. The first-order valence-electron chi connectivity index (χ1n) is 8.65. The number of hydrogen-bond donors (Lipinski definition) is 3. The predicted octanol–water partition coefficient (Wildman–Crippen LogP) is 3.28. The Hall–Kier alpha value is -2.94. The minimum atomic E-state index is -3.85. The Balaban J connectivity index is 2.13. The van der Waals surface area contributed by atoms with Gasteiger partial charge in [0.25, 0.3) is 10.0 Å². The third-order valence-corrected chi connectivity index (χ3v) is 5.13. The Labute approximate surface area is 165 Å². The van der Waals surface area contributed by atoms with E-state index >= 15 is 0 Å². The lowest BCUT2D eigenvalue weighted by molar-refractivity contribution is 0.251. The maximum Gasteiger partial charge on any atom is 0.319 e. The van der Waals surface area contributed by atoms with Crippen molar-refractivity contribution >= 4 is 27.4 Å². The van der Waals surface area contributed by atoms with Gasteiger partial charge in [-0.05, 0) is 42.3 Å². The lowest BCUT2D eigenvalue weighted by atomic mass is 10.2. The number of sulfonamides is 1. The molecule has 0 unspecified atom stereocenters. The van der Waals surface area contributed by atoms with Gasteiger partial charge in [-0.2, -0.15) is 0 Å². The number of methoxy groups -OCH3 is 2. The van der Waals surface area contributed by atoms with Crippen LogP contribution in [-0.4, -0.2) is 35.2 Å². The largest absolute Gasteiger partial charge is 0.497 e. The monoisotopic (exact) mass is 407 g/mol. The molecule has 0 radical (unpaired) electrons. The van der Waals surface area contributed by atoms with E-state index in [1.54, 1.807) is 12.1 Å². The van der Waals surface area contributed by atoms with Gasteiger partial charge in [-0.15, -0.1) is 0 Å². The summed E-state index contributed by atoms with van der Waals surface area (Å²) in [6.45, 7) is 4.53. The molecule has 0 atom stereocenters. The number of ether oxygens (including phenoxy) is 2. The third-order valence-electron chi connectivity index (χ3n) is 3.74. The van der Waals surface area contributed by atoms with E-state index in [2.05, 4.69) is 15.4 Å². The molecule has 0 aliphatic heterocycles. The molecule has 2 amide bonds. The summed E-state index contributed by atoms with van der Waals surface area (Å²) in [5, 5.41) is 5.38. The van der Waals surface area contributed by atoms with Crippen LogP contribution in [0, 0.1) is 5.92 Å². The fourth-order valence-electron chi connectivity index (χ4n) is 2.29. The van der Waals surface area contributed by atoms with E-state index in [0.717, 1.165) is 0 Å². The molecule has 9 heteroatoms. The van der Waals surface area contributed by atoms with Crippen molar-refractivity contribution in [3.8, 4) is 11.5 Å². The van der Waals surface area contributed by atoms with Crippen molar-refractivity contribution in [3.63, 3.8) is 0 Å². The topological polar surface area (TPSA) is 106 Å². The Morgan fingerprint density at radius 3 is 2.29 bits per heavy atom. The number of carbonyl (C=O) groups excluding carboxylic acids is 1. The summed E-state index contributed by atoms with van der Waals surface area (Å²) in [5.74, 6) is 1.19. The molecule has 0 aliphatic rings. The number of carbonyl (C=O) groups is 1. The number of benzene rings is 2. The van der Waals surface area contributed by atoms with Gasteiger partial charge in [-0.1, -0.05) is 13.8 Å². The third kappa shape index (κ3) is 5.78. The second kappa shape index (κ2) is 9.32. The van der Waals surface area contributed by atoms with Crippen LogP contribution in [0.4, 0.5) is 16.2 Å².